The van der Waals surface area contributed by atoms with E-state index >= 15 is 0 Å². The van der Waals surface area contributed by atoms with Crippen molar-refractivity contribution in [3.8, 4) is 6.07 Å². The van der Waals surface area contributed by atoms with Crippen LogP contribution in [-0.2, 0) is 5.41 Å². The average Bonchev–Trinajstić information content (AvgIpc) is 2.82. The zero-order valence-electron chi connectivity index (χ0n) is 15.9. The third kappa shape index (κ3) is 3.46. The van der Waals surface area contributed by atoms with Gasteiger partial charge in [-0.1, -0.05) is 103 Å². The van der Waals surface area contributed by atoms with Crippen LogP contribution in [0.25, 0.3) is 0 Å². The third-order valence-corrected chi connectivity index (χ3v) is 6.14. The minimum Gasteiger partial charge on any atom is -0.192 e. The molecule has 2 heteroatoms. The molecule has 0 saturated heterocycles. The fourth-order valence-electron chi connectivity index (χ4n) is 4.07. The summed E-state index contributed by atoms with van der Waals surface area (Å²) < 4.78 is 0. The zero-order chi connectivity index (χ0) is 20.1. The van der Waals surface area contributed by atoms with Crippen molar-refractivity contribution in [3.05, 3.63) is 143 Å². The van der Waals surface area contributed by atoms with Gasteiger partial charge in [0, 0.05) is 5.25 Å². The molecule has 0 aliphatic carbocycles. The van der Waals surface area contributed by atoms with Gasteiger partial charge in [0.25, 0.3) is 0 Å². The molecule has 29 heavy (non-hydrogen) atoms. The first kappa shape index (κ1) is 19.1. The van der Waals surface area contributed by atoms with Gasteiger partial charge >= 0.3 is 0 Å². The Morgan fingerprint density at radius 3 is 1.31 bits per heavy atom. The molecule has 4 aromatic carbocycles. The van der Waals surface area contributed by atoms with Crippen molar-refractivity contribution < 1.29 is 0 Å². The molecule has 140 valence electrons. The molecule has 4 rings (SSSR count). The summed E-state index contributed by atoms with van der Waals surface area (Å²) in [5.74, 6) is 0. The van der Waals surface area contributed by atoms with Crippen molar-refractivity contribution in [1.82, 2.24) is 0 Å². The maximum Gasteiger partial charge on any atom is 0.0991 e. The van der Waals surface area contributed by atoms with Gasteiger partial charge in [-0.2, -0.15) is 17.9 Å². The quantitative estimate of drug-likeness (QED) is 0.302. The molecular weight excluding hydrogens is 370 g/mol. The number of thiol groups is 1. The average molecular weight is 392 g/mol. The van der Waals surface area contributed by atoms with E-state index in [0.717, 1.165) is 5.56 Å². The molecule has 4 aromatic rings. The summed E-state index contributed by atoms with van der Waals surface area (Å²) in [5.41, 5.74) is 4.79. The van der Waals surface area contributed by atoms with Crippen LogP contribution in [0.4, 0.5) is 0 Å². The fourth-order valence-corrected chi connectivity index (χ4v) is 4.69. The Balaban J connectivity index is 2.03. The molecule has 0 spiro atoms. The van der Waals surface area contributed by atoms with E-state index in [1.807, 2.05) is 42.5 Å². The number of benzene rings is 4. The fraction of sp³-hybridized carbons (Fsp3) is 0.0741. The van der Waals surface area contributed by atoms with Crippen molar-refractivity contribution in [2.75, 3.05) is 0 Å². The summed E-state index contributed by atoms with van der Waals surface area (Å²) in [6.45, 7) is 0. The van der Waals surface area contributed by atoms with Gasteiger partial charge in [-0.05, 0) is 34.4 Å². The first-order chi connectivity index (χ1) is 14.3. The third-order valence-electron chi connectivity index (χ3n) is 5.45. The van der Waals surface area contributed by atoms with Gasteiger partial charge in [0.15, 0.2) is 0 Å². The Labute approximate surface area is 177 Å². The number of hydrogen-bond donors (Lipinski definition) is 1. The van der Waals surface area contributed by atoms with Crippen LogP contribution in [0.1, 0.15) is 33.1 Å². The van der Waals surface area contributed by atoms with E-state index in [1.165, 1.54) is 16.7 Å². The second kappa shape index (κ2) is 8.39. The van der Waals surface area contributed by atoms with Crippen LogP contribution in [0.2, 0.25) is 0 Å². The topological polar surface area (TPSA) is 23.8 Å². The van der Waals surface area contributed by atoms with Crippen LogP contribution in [0, 0.1) is 11.3 Å². The highest BCUT2D eigenvalue weighted by Gasteiger charge is 2.42. The molecule has 1 atom stereocenters. The molecular formula is C27H21NS. The number of rotatable bonds is 5. The van der Waals surface area contributed by atoms with E-state index in [4.69, 9.17) is 12.6 Å². The van der Waals surface area contributed by atoms with Crippen LogP contribution in [0.15, 0.2) is 115 Å². The Morgan fingerprint density at radius 1 is 0.586 bits per heavy atom. The lowest BCUT2D eigenvalue weighted by atomic mass is 9.65. The number of hydrogen-bond acceptors (Lipinski definition) is 2. The van der Waals surface area contributed by atoms with Crippen LogP contribution >= 0.6 is 12.6 Å². The second-order valence-corrected chi connectivity index (χ2v) is 7.56. The van der Waals surface area contributed by atoms with Crippen LogP contribution in [-0.4, -0.2) is 0 Å². The molecule has 1 unspecified atom stereocenters. The SMILES string of the molecule is N#Cc1ccc(C(S)C(c2ccccc2)(c2ccccc2)c2ccccc2)cc1. The van der Waals surface area contributed by atoms with Gasteiger partial charge in [-0.3, -0.25) is 0 Å². The monoisotopic (exact) mass is 391 g/mol. The molecule has 0 aliphatic heterocycles. The van der Waals surface area contributed by atoms with Crippen LogP contribution < -0.4 is 0 Å². The largest absolute Gasteiger partial charge is 0.192 e. The summed E-state index contributed by atoms with van der Waals surface area (Å²) in [7, 11) is 0. The van der Waals surface area contributed by atoms with E-state index < -0.39 is 5.41 Å². The highest BCUT2D eigenvalue weighted by molar-refractivity contribution is 7.80. The van der Waals surface area contributed by atoms with Gasteiger partial charge in [-0.15, -0.1) is 0 Å². The highest BCUT2D eigenvalue weighted by atomic mass is 32.1. The highest BCUT2D eigenvalue weighted by Crippen LogP contribution is 2.51. The summed E-state index contributed by atoms with van der Waals surface area (Å²) in [6, 6.07) is 41.6. The molecule has 0 aromatic heterocycles. The van der Waals surface area contributed by atoms with Gasteiger partial charge in [0.1, 0.15) is 0 Å². The van der Waals surface area contributed by atoms with Crippen LogP contribution in [0.3, 0.4) is 0 Å². The van der Waals surface area contributed by atoms with Crippen LogP contribution in [0.5, 0.6) is 0 Å². The molecule has 0 fully saturated rings. The first-order valence-electron chi connectivity index (χ1n) is 9.61. The molecule has 0 amide bonds. The number of nitriles is 1. The summed E-state index contributed by atoms with van der Waals surface area (Å²) in [4.78, 5) is 0. The second-order valence-electron chi connectivity index (χ2n) is 7.04. The molecule has 0 heterocycles. The lowest BCUT2D eigenvalue weighted by molar-refractivity contribution is 0.602. The van der Waals surface area contributed by atoms with Gasteiger partial charge in [0.05, 0.1) is 17.0 Å². The Bertz CT molecular complexity index is 1000. The smallest absolute Gasteiger partial charge is 0.0991 e. The predicted molar refractivity (Wildman–Crippen MR) is 122 cm³/mol. The van der Waals surface area contributed by atoms with Crippen molar-refractivity contribution in [1.29, 1.82) is 5.26 Å². The molecule has 0 aliphatic rings. The standard InChI is InChI=1S/C27H21NS/c28-20-21-16-18-22(19-17-21)26(29)27(23-10-4-1-5-11-23,24-12-6-2-7-13-24)25-14-8-3-9-15-25/h1-19,26,29H. The van der Waals surface area contributed by atoms with E-state index in [1.54, 1.807) is 0 Å². The van der Waals surface area contributed by atoms with Gasteiger partial charge < -0.3 is 0 Å². The lowest BCUT2D eigenvalue weighted by Crippen LogP contribution is -2.34. The summed E-state index contributed by atoms with van der Waals surface area (Å²) in [6.07, 6.45) is 0. The maximum atomic E-state index is 9.19. The lowest BCUT2D eigenvalue weighted by Gasteiger charge is -2.41. The molecule has 0 radical (unpaired) electrons. The molecule has 0 N–H and O–H groups in total. The summed E-state index contributed by atoms with van der Waals surface area (Å²) >= 11 is 5.22. The Hall–Kier alpha value is -3.28. The Kier molecular flexibility index (Phi) is 5.51. The van der Waals surface area contributed by atoms with Crippen molar-refractivity contribution in [2.45, 2.75) is 10.7 Å². The van der Waals surface area contributed by atoms with Crippen molar-refractivity contribution in [3.63, 3.8) is 0 Å². The van der Waals surface area contributed by atoms with E-state index in [-0.39, 0.29) is 5.25 Å². The zero-order valence-corrected chi connectivity index (χ0v) is 16.8. The minimum absolute atomic E-state index is 0.151. The molecule has 0 bridgehead atoms. The maximum absolute atomic E-state index is 9.19. The van der Waals surface area contributed by atoms with Crippen molar-refractivity contribution >= 4 is 12.6 Å². The first-order valence-corrected chi connectivity index (χ1v) is 10.1. The normalized spacial score (nSPS) is 12.1. The predicted octanol–water partition coefficient (Wildman–Crippen LogP) is 6.56. The molecule has 1 nitrogen and oxygen atoms in total. The van der Waals surface area contributed by atoms with E-state index in [2.05, 4.69) is 78.9 Å². The number of nitrogens with zero attached hydrogens (tertiary/aromatic N) is 1. The van der Waals surface area contributed by atoms with Gasteiger partial charge in [0.2, 0.25) is 0 Å². The summed E-state index contributed by atoms with van der Waals surface area (Å²) in [5, 5.41) is 9.04. The van der Waals surface area contributed by atoms with E-state index in [9.17, 15) is 5.26 Å². The minimum atomic E-state index is -0.485. The van der Waals surface area contributed by atoms with E-state index in [0.29, 0.717) is 5.56 Å². The Morgan fingerprint density at radius 2 is 0.966 bits per heavy atom. The van der Waals surface area contributed by atoms with Gasteiger partial charge in [-0.25, -0.2) is 0 Å². The van der Waals surface area contributed by atoms with Crippen molar-refractivity contribution in [2.24, 2.45) is 0 Å². The molecule has 0 saturated carbocycles.